The van der Waals surface area contributed by atoms with Gasteiger partial charge < -0.3 is 95.4 Å². The third-order valence-corrected chi connectivity index (χ3v) is 17.8. The Bertz CT molecular complexity index is 3530. The van der Waals surface area contributed by atoms with Crippen molar-refractivity contribution in [2.45, 2.75) is 202 Å². The van der Waals surface area contributed by atoms with E-state index in [0.717, 1.165) is 0 Å². The maximum absolute atomic E-state index is 15.2. The number of carbonyl (C=O) groups is 12. The molecule has 0 radical (unpaired) electrons. The second kappa shape index (κ2) is 38.3. The van der Waals surface area contributed by atoms with Gasteiger partial charge in [0.1, 0.15) is 78.7 Å². The normalized spacial score (nSPS) is 27.4. The number of rotatable bonds is 22. The van der Waals surface area contributed by atoms with Gasteiger partial charge in [0.25, 0.3) is 0 Å². The number of carbonyl (C=O) groups excluding carboxylic acids is 12. The van der Waals surface area contributed by atoms with Crippen molar-refractivity contribution in [3.05, 3.63) is 120 Å². The Morgan fingerprint density at radius 2 is 1.04 bits per heavy atom. The van der Waals surface area contributed by atoms with E-state index in [4.69, 9.17) is 32.4 Å². The van der Waals surface area contributed by atoms with Crippen LogP contribution in [-0.4, -0.2) is 212 Å². The van der Waals surface area contributed by atoms with Crippen LogP contribution >= 0.6 is 0 Å². The maximum atomic E-state index is 15.2. The minimum atomic E-state index is -1.91. The average molecular weight is 1420 g/mol. The van der Waals surface area contributed by atoms with Crippen LogP contribution < -0.4 is 70.8 Å². The van der Waals surface area contributed by atoms with Crippen LogP contribution in [0.1, 0.15) is 101 Å². The van der Waals surface area contributed by atoms with E-state index in [9.17, 15) is 53.4 Å². The average Bonchev–Trinajstić information content (AvgIpc) is 1.47. The number of fused-ring (bicyclic) bond motifs is 1. The van der Waals surface area contributed by atoms with Crippen molar-refractivity contribution in [3.8, 4) is 0 Å². The van der Waals surface area contributed by atoms with E-state index in [0.29, 0.717) is 23.1 Å². The Kier molecular flexibility index (Phi) is 29.9. The number of aliphatic hydroxyl groups is 2. The molecule has 12 amide bonds. The minimum absolute atomic E-state index is 0.00798. The molecule has 0 aliphatic carbocycles. The number of nitrogens with one attached hydrogen (secondary N) is 9. The first-order valence-electron chi connectivity index (χ1n) is 34.2. The molecule has 4 aromatic rings. The molecule has 7 rings (SSSR count). The summed E-state index contributed by atoms with van der Waals surface area (Å²) in [5.41, 5.74) is 25.0. The lowest BCUT2D eigenvalue weighted by Gasteiger charge is -2.40. The van der Waals surface area contributed by atoms with Gasteiger partial charge in [0.2, 0.25) is 70.9 Å². The second-order valence-corrected chi connectivity index (χ2v) is 26.7. The van der Waals surface area contributed by atoms with Crippen molar-refractivity contribution in [2.24, 2.45) is 34.8 Å². The summed E-state index contributed by atoms with van der Waals surface area (Å²) >= 11 is 0. The number of amides is 12. The van der Waals surface area contributed by atoms with Gasteiger partial charge in [-0.15, -0.1) is 5.10 Å². The predicted molar refractivity (Wildman–Crippen MR) is 367 cm³/mol. The highest BCUT2D eigenvalue weighted by atomic mass is 16.7. The molecule has 0 spiro atoms. The number of primary amides is 2. The zero-order valence-electron chi connectivity index (χ0n) is 57.9. The molecule has 19 N–H and O–H groups in total. The summed E-state index contributed by atoms with van der Waals surface area (Å²) in [6, 6.07) is 9.35. The van der Waals surface area contributed by atoms with Gasteiger partial charge in [-0.1, -0.05) is 124 Å². The Hall–Kier alpha value is -9.80. The lowest BCUT2D eigenvalue weighted by Crippen LogP contribution is -2.62. The summed E-state index contributed by atoms with van der Waals surface area (Å²) in [5.74, 6) is -12.3. The Labute approximate surface area is 590 Å². The molecule has 4 heterocycles. The lowest BCUT2D eigenvalue weighted by atomic mass is 9.97. The Morgan fingerprint density at radius 1 is 0.578 bits per heavy atom. The van der Waals surface area contributed by atoms with Gasteiger partial charge in [0, 0.05) is 52.0 Å². The predicted octanol–water partition coefficient (Wildman–Crippen LogP) is -4.08. The molecule has 0 bridgehead atoms. The second-order valence-electron chi connectivity index (χ2n) is 26.7. The van der Waals surface area contributed by atoms with Crippen LogP contribution in [0.15, 0.2) is 97.2 Å². The van der Waals surface area contributed by atoms with Crippen LogP contribution in [0, 0.1) is 11.8 Å². The first-order valence-corrected chi connectivity index (χ1v) is 34.2. The molecule has 1 aromatic heterocycles. The molecule has 0 unspecified atom stereocenters. The summed E-state index contributed by atoms with van der Waals surface area (Å²) in [6.45, 7) is 6.63. The monoisotopic (exact) mass is 1420 g/mol. The topological polar surface area (TPSA) is 510 Å². The summed E-state index contributed by atoms with van der Waals surface area (Å²) in [4.78, 5) is 176. The van der Waals surface area contributed by atoms with Gasteiger partial charge in [-0.25, -0.2) is 4.68 Å². The van der Waals surface area contributed by atoms with Gasteiger partial charge in [-0.2, -0.15) is 0 Å². The van der Waals surface area contributed by atoms with Crippen LogP contribution in [0.3, 0.4) is 0 Å². The molecule has 33 heteroatoms. The van der Waals surface area contributed by atoms with E-state index in [1.54, 1.807) is 105 Å². The molecule has 3 saturated heterocycles. The number of aromatic nitrogens is 3. The number of nitrogens with zero attached hydrogens (tertiary/aromatic N) is 4. The first-order chi connectivity index (χ1) is 48.6. The van der Waals surface area contributed by atoms with Gasteiger partial charge >= 0.3 is 0 Å². The van der Waals surface area contributed by atoms with E-state index < -0.39 is 194 Å². The third-order valence-electron chi connectivity index (χ3n) is 17.8. The van der Waals surface area contributed by atoms with Crippen LogP contribution in [0.25, 0.3) is 0 Å². The van der Waals surface area contributed by atoms with Crippen LogP contribution in [0.2, 0.25) is 0 Å². The smallest absolute Gasteiger partial charge is 0.246 e. The third kappa shape index (κ3) is 23.1. The number of nitrogens with two attached hydrogens (primary N) is 4. The molecular weight excluding hydrogens is 1320 g/mol. The van der Waals surface area contributed by atoms with Crippen molar-refractivity contribution in [1.82, 2.24) is 67.7 Å². The van der Waals surface area contributed by atoms with Gasteiger partial charge in [-0.05, 0) is 73.6 Å². The van der Waals surface area contributed by atoms with Gasteiger partial charge in [0.15, 0.2) is 6.29 Å². The standard InChI is InChI=1S/C69H97N17O16/c1-37(2)29-45-61(93)81-50(32-41-21-13-8-14-22-41)68(100)86-28-16-24-51(86)66(98)80-47(31-40-19-11-7-12-20-40)63(95)77-46(30-39-17-9-6-10-18-39)62(94)79-49(34-54(72)88)64(96)74-44(25-26-53(71)87)60(92)78-48(65(97)82-56(38(3)4)67(99)75-43(23-15-27-70)59(91)76-45)33-42-35-85(84-83-42)36-52-57(89)58(90)55(73)69(101-5)102-52/h6-14,17-22,35,37-38,43-52,55-58,69,89-90H,15-16,23-34,36,70,73H2,1-5H3,(H2,71,87)(H2,72,88)(H,74,96)(H,75,99)(H,76,91)(H,77,95)(H,78,92)(H,79,94)(H,80,98)(H,81,93)(H,82,97)/t43-,44-,45-,46+,47-,48-,49-,50+,51-,52+,55+,56-,57+,58+,69+/m0/s1. The number of methoxy groups -OCH3 is 1. The Balaban J connectivity index is 1.31. The van der Waals surface area contributed by atoms with E-state index in [1.165, 1.54) is 22.9 Å². The quantitative estimate of drug-likeness (QED) is 0.0356. The fraction of sp³-hybridized carbons (Fsp3) is 0.536. The molecule has 3 fully saturated rings. The largest absolute Gasteiger partial charge is 0.388 e. The van der Waals surface area contributed by atoms with Crippen molar-refractivity contribution in [3.63, 3.8) is 0 Å². The van der Waals surface area contributed by atoms with Crippen molar-refractivity contribution in [1.29, 1.82) is 0 Å². The van der Waals surface area contributed by atoms with Crippen LogP contribution in [0.4, 0.5) is 0 Å². The fourth-order valence-corrected chi connectivity index (χ4v) is 12.3. The number of benzene rings is 3. The lowest BCUT2D eigenvalue weighted by molar-refractivity contribution is -0.254. The SMILES string of the molecule is CO[C@@H]1O[C@H](Cn2cc(C[C@@H]3NC(=O)[C@H](CCC(N)=O)NC(=O)[C@H](CC(N)=O)NC(=O)[C@@H](Cc4ccccc4)NC(=O)[C@H](Cc4ccccc4)NC(=O)[C@@H]4CCCN4C(=O)[C@@H](Cc4ccccc4)NC(=O)[C@H](CC(C)C)NC(=O)[C@H](CCCN)NC(=O)[C@H](C(C)C)NC3=O)nn2)[C@@H](O)[C@H](O)[C@H]1N. The van der Waals surface area contributed by atoms with Crippen molar-refractivity contribution < 1.29 is 77.2 Å². The molecule has 3 aliphatic rings. The minimum Gasteiger partial charge on any atom is -0.388 e. The van der Waals surface area contributed by atoms with E-state index >= 15 is 14.4 Å². The molecule has 102 heavy (non-hydrogen) atoms. The van der Waals surface area contributed by atoms with Crippen molar-refractivity contribution in [2.75, 3.05) is 20.2 Å². The highest BCUT2D eigenvalue weighted by molar-refractivity contribution is 6.01. The molecule has 33 nitrogen and oxygen atoms in total. The number of hydrogen-bond acceptors (Lipinski definition) is 20. The zero-order chi connectivity index (χ0) is 74.3. The molecule has 0 saturated carbocycles. The first kappa shape index (κ1) is 79.5. The van der Waals surface area contributed by atoms with Crippen LogP contribution in [0.5, 0.6) is 0 Å². The van der Waals surface area contributed by atoms with Crippen molar-refractivity contribution >= 4 is 70.9 Å². The summed E-state index contributed by atoms with van der Waals surface area (Å²) in [5, 5.41) is 54.0. The Morgan fingerprint density at radius 3 is 1.57 bits per heavy atom. The number of aliphatic hydroxyl groups excluding tert-OH is 2. The summed E-state index contributed by atoms with van der Waals surface area (Å²) in [6.07, 6.45) is -6.43. The van der Waals surface area contributed by atoms with E-state index in [-0.39, 0.29) is 76.2 Å². The van der Waals surface area contributed by atoms with Gasteiger partial charge in [-0.3, -0.25) is 57.5 Å². The highest BCUT2D eigenvalue weighted by Crippen LogP contribution is 2.24. The number of hydrogen-bond donors (Lipinski definition) is 15. The molecule has 554 valence electrons. The molecule has 15 atom stereocenters. The zero-order valence-corrected chi connectivity index (χ0v) is 57.9. The van der Waals surface area contributed by atoms with E-state index in [1.807, 2.05) is 13.8 Å². The van der Waals surface area contributed by atoms with Gasteiger partial charge in [0.05, 0.1) is 24.7 Å². The highest BCUT2D eigenvalue weighted by Gasteiger charge is 2.45. The maximum Gasteiger partial charge on any atom is 0.246 e. The van der Waals surface area contributed by atoms with Crippen LogP contribution in [-0.2, 0) is 99.2 Å². The summed E-state index contributed by atoms with van der Waals surface area (Å²) < 4.78 is 12.3. The van der Waals surface area contributed by atoms with E-state index in [2.05, 4.69) is 58.2 Å². The molecular formula is C69H97N17O16. The fourth-order valence-electron chi connectivity index (χ4n) is 12.3. The summed E-state index contributed by atoms with van der Waals surface area (Å²) in [7, 11) is 1.29. The molecule has 3 aliphatic heterocycles. The molecule has 3 aromatic carbocycles. The number of ether oxygens (including phenoxy) is 2.